The molecule has 0 spiro atoms. The summed E-state index contributed by atoms with van der Waals surface area (Å²) in [6.45, 7) is 2.65. The molecule has 0 saturated carbocycles. The summed E-state index contributed by atoms with van der Waals surface area (Å²) in [4.78, 5) is 27.7. The number of carbonyl (C=O) groups excluding carboxylic acids is 2. The van der Waals surface area contributed by atoms with Gasteiger partial charge in [-0.05, 0) is 60.9 Å². The standard InChI is InChI=1S/C24H25N3O4/c1-16-20(7-4-8-22(16)30-2)24(29)27-12-9-17-5-3-6-19(13-17)31-15-18-10-11-26-21(14-18)23(25)28/h3-8,10-11,13-14H,9,12,15H2,1-2H3,(H2,25,28)(H,27,29). The van der Waals surface area contributed by atoms with Gasteiger partial charge in [0.25, 0.3) is 11.8 Å². The van der Waals surface area contributed by atoms with Crippen LogP contribution in [-0.4, -0.2) is 30.5 Å². The van der Waals surface area contributed by atoms with Crippen LogP contribution in [0.25, 0.3) is 0 Å². The lowest BCUT2D eigenvalue weighted by Gasteiger charge is -2.11. The first-order valence-corrected chi connectivity index (χ1v) is 9.86. The number of rotatable bonds is 9. The number of ether oxygens (including phenoxy) is 2. The first-order chi connectivity index (χ1) is 15.0. The predicted octanol–water partition coefficient (Wildman–Crippen LogP) is 3.05. The molecule has 0 aliphatic carbocycles. The number of nitrogens with two attached hydrogens (primary N) is 1. The summed E-state index contributed by atoms with van der Waals surface area (Å²) < 4.78 is 11.1. The molecule has 3 aromatic rings. The number of nitrogens with zero attached hydrogens (tertiary/aromatic N) is 1. The van der Waals surface area contributed by atoms with E-state index in [4.69, 9.17) is 15.2 Å². The zero-order chi connectivity index (χ0) is 22.2. The van der Waals surface area contributed by atoms with Gasteiger partial charge in [-0.3, -0.25) is 14.6 Å². The minimum absolute atomic E-state index is 0.133. The Morgan fingerprint density at radius 1 is 1.06 bits per heavy atom. The molecule has 7 nitrogen and oxygen atoms in total. The van der Waals surface area contributed by atoms with Gasteiger partial charge < -0.3 is 20.5 Å². The summed E-state index contributed by atoms with van der Waals surface area (Å²) in [5.74, 6) is 0.682. The van der Waals surface area contributed by atoms with Gasteiger partial charge in [0.15, 0.2) is 0 Å². The second-order valence-corrected chi connectivity index (χ2v) is 6.99. The Kier molecular flexibility index (Phi) is 7.22. The maximum atomic E-state index is 12.5. The molecule has 2 amide bonds. The fourth-order valence-corrected chi connectivity index (χ4v) is 3.15. The van der Waals surface area contributed by atoms with Crippen LogP contribution in [0.2, 0.25) is 0 Å². The fraction of sp³-hybridized carbons (Fsp3) is 0.208. The summed E-state index contributed by atoms with van der Waals surface area (Å²) >= 11 is 0. The van der Waals surface area contributed by atoms with Crippen LogP contribution in [0.15, 0.2) is 60.8 Å². The van der Waals surface area contributed by atoms with E-state index < -0.39 is 5.91 Å². The molecule has 3 rings (SSSR count). The lowest BCUT2D eigenvalue weighted by molar-refractivity contribution is 0.0951. The Labute approximate surface area is 181 Å². The van der Waals surface area contributed by atoms with Crippen molar-refractivity contribution in [2.45, 2.75) is 20.0 Å². The number of methoxy groups -OCH3 is 1. The van der Waals surface area contributed by atoms with Crippen LogP contribution < -0.4 is 20.5 Å². The van der Waals surface area contributed by atoms with E-state index in [0.717, 1.165) is 16.7 Å². The van der Waals surface area contributed by atoms with Crippen molar-refractivity contribution in [2.24, 2.45) is 5.73 Å². The quantitative estimate of drug-likeness (QED) is 0.555. The Morgan fingerprint density at radius 3 is 2.65 bits per heavy atom. The Balaban J connectivity index is 1.54. The van der Waals surface area contributed by atoms with Crippen LogP contribution in [0.3, 0.4) is 0 Å². The van der Waals surface area contributed by atoms with Gasteiger partial charge in [-0.15, -0.1) is 0 Å². The summed E-state index contributed by atoms with van der Waals surface area (Å²) in [5, 5.41) is 2.95. The van der Waals surface area contributed by atoms with Crippen molar-refractivity contribution < 1.29 is 19.1 Å². The maximum Gasteiger partial charge on any atom is 0.267 e. The first kappa shape index (κ1) is 21.8. The molecule has 3 N–H and O–H groups in total. The molecule has 1 aromatic heterocycles. The van der Waals surface area contributed by atoms with Gasteiger partial charge in [-0.25, -0.2) is 0 Å². The number of aromatic nitrogens is 1. The average molecular weight is 419 g/mol. The summed E-state index contributed by atoms with van der Waals surface area (Å²) in [6.07, 6.45) is 2.19. The second kappa shape index (κ2) is 10.2. The highest BCUT2D eigenvalue weighted by atomic mass is 16.5. The highest BCUT2D eigenvalue weighted by Crippen LogP contribution is 2.21. The Bertz CT molecular complexity index is 1080. The molecule has 1 heterocycles. The molecule has 0 aliphatic heterocycles. The van der Waals surface area contributed by atoms with Gasteiger partial charge in [-0.2, -0.15) is 0 Å². The third-order valence-electron chi connectivity index (χ3n) is 4.83. The number of hydrogen-bond acceptors (Lipinski definition) is 5. The van der Waals surface area contributed by atoms with E-state index in [0.29, 0.717) is 30.0 Å². The smallest absolute Gasteiger partial charge is 0.267 e. The number of pyridine rings is 1. The van der Waals surface area contributed by atoms with Crippen molar-refractivity contribution in [2.75, 3.05) is 13.7 Å². The van der Waals surface area contributed by atoms with Crippen molar-refractivity contribution in [1.82, 2.24) is 10.3 Å². The molecule has 0 fully saturated rings. The molecule has 31 heavy (non-hydrogen) atoms. The number of benzene rings is 2. The van der Waals surface area contributed by atoms with Gasteiger partial charge >= 0.3 is 0 Å². The summed E-state index contributed by atoms with van der Waals surface area (Å²) in [5.41, 5.74) is 8.71. The molecular formula is C24H25N3O4. The minimum Gasteiger partial charge on any atom is -0.496 e. The molecule has 160 valence electrons. The summed E-state index contributed by atoms with van der Waals surface area (Å²) in [7, 11) is 1.59. The van der Waals surface area contributed by atoms with Crippen LogP contribution in [0, 0.1) is 6.92 Å². The first-order valence-electron chi connectivity index (χ1n) is 9.86. The van der Waals surface area contributed by atoms with Crippen LogP contribution in [0.4, 0.5) is 0 Å². The number of primary amides is 1. The Morgan fingerprint density at radius 2 is 1.87 bits per heavy atom. The lowest BCUT2D eigenvalue weighted by atomic mass is 10.1. The van der Waals surface area contributed by atoms with Gasteiger partial charge in [-0.1, -0.05) is 18.2 Å². The van der Waals surface area contributed by atoms with E-state index in [-0.39, 0.29) is 18.2 Å². The zero-order valence-corrected chi connectivity index (χ0v) is 17.6. The highest BCUT2D eigenvalue weighted by Gasteiger charge is 2.11. The van der Waals surface area contributed by atoms with Gasteiger partial charge in [0, 0.05) is 23.9 Å². The maximum absolute atomic E-state index is 12.5. The molecule has 0 atom stereocenters. The zero-order valence-electron chi connectivity index (χ0n) is 17.6. The third kappa shape index (κ3) is 5.82. The highest BCUT2D eigenvalue weighted by molar-refractivity contribution is 5.96. The van der Waals surface area contributed by atoms with Crippen LogP contribution in [0.1, 0.15) is 37.5 Å². The van der Waals surface area contributed by atoms with Crippen LogP contribution in [0.5, 0.6) is 11.5 Å². The molecule has 2 aromatic carbocycles. The number of nitrogens with one attached hydrogen (secondary N) is 1. The van der Waals surface area contributed by atoms with E-state index in [2.05, 4.69) is 10.3 Å². The molecule has 0 radical (unpaired) electrons. The van der Waals surface area contributed by atoms with Crippen molar-refractivity contribution in [3.8, 4) is 11.5 Å². The molecular weight excluding hydrogens is 394 g/mol. The molecule has 0 bridgehead atoms. The molecule has 0 unspecified atom stereocenters. The second-order valence-electron chi connectivity index (χ2n) is 6.99. The molecule has 0 aliphatic rings. The van der Waals surface area contributed by atoms with Crippen molar-refractivity contribution >= 4 is 11.8 Å². The topological polar surface area (TPSA) is 104 Å². The monoisotopic (exact) mass is 419 g/mol. The number of carbonyl (C=O) groups is 2. The minimum atomic E-state index is -0.574. The van der Waals surface area contributed by atoms with E-state index in [9.17, 15) is 9.59 Å². The normalized spacial score (nSPS) is 10.4. The van der Waals surface area contributed by atoms with Gasteiger partial charge in [0.1, 0.15) is 23.8 Å². The molecule has 0 saturated heterocycles. The SMILES string of the molecule is COc1cccc(C(=O)NCCc2cccc(OCc3ccnc(C(N)=O)c3)c2)c1C. The fourth-order valence-electron chi connectivity index (χ4n) is 3.15. The summed E-state index contributed by atoms with van der Waals surface area (Å²) in [6, 6.07) is 16.5. The number of hydrogen-bond donors (Lipinski definition) is 2. The van der Waals surface area contributed by atoms with Crippen molar-refractivity contribution in [1.29, 1.82) is 0 Å². The Hall–Kier alpha value is -3.87. The lowest BCUT2D eigenvalue weighted by Crippen LogP contribution is -2.26. The van der Waals surface area contributed by atoms with E-state index in [1.807, 2.05) is 37.3 Å². The van der Waals surface area contributed by atoms with Crippen molar-refractivity contribution in [3.05, 3.63) is 88.7 Å². The predicted molar refractivity (Wildman–Crippen MR) is 117 cm³/mol. The van der Waals surface area contributed by atoms with E-state index in [1.54, 1.807) is 31.4 Å². The average Bonchev–Trinajstić information content (AvgIpc) is 2.78. The van der Waals surface area contributed by atoms with E-state index >= 15 is 0 Å². The van der Waals surface area contributed by atoms with Crippen LogP contribution in [-0.2, 0) is 13.0 Å². The van der Waals surface area contributed by atoms with E-state index in [1.165, 1.54) is 6.20 Å². The largest absolute Gasteiger partial charge is 0.496 e. The molecule has 7 heteroatoms. The van der Waals surface area contributed by atoms with Crippen molar-refractivity contribution in [3.63, 3.8) is 0 Å². The third-order valence-corrected chi connectivity index (χ3v) is 4.83. The van der Waals surface area contributed by atoms with Gasteiger partial charge in [0.2, 0.25) is 0 Å². The van der Waals surface area contributed by atoms with Gasteiger partial charge in [0.05, 0.1) is 7.11 Å². The van der Waals surface area contributed by atoms with Crippen LogP contribution >= 0.6 is 0 Å². The number of amides is 2.